The Bertz CT molecular complexity index is 1190. The smallest absolute Gasteiger partial charge is 0.221 e. The van der Waals surface area contributed by atoms with Crippen LogP contribution in [0.25, 0.3) is 0 Å². The highest BCUT2D eigenvalue weighted by molar-refractivity contribution is 7.89. The zero-order chi connectivity index (χ0) is 25.2. The molecule has 0 aliphatic carbocycles. The molecule has 8 nitrogen and oxygen atoms in total. The number of hydrogen-bond acceptors (Lipinski definition) is 7. The summed E-state index contributed by atoms with van der Waals surface area (Å²) in [7, 11) is -1.65. The number of likely N-dealkylation sites (N-methyl/N-ethyl adjacent to an activating group) is 1. The van der Waals surface area contributed by atoms with Gasteiger partial charge in [-0.2, -0.15) is 4.31 Å². The quantitative estimate of drug-likeness (QED) is 0.590. The second-order valence-electron chi connectivity index (χ2n) is 9.80. The van der Waals surface area contributed by atoms with Gasteiger partial charge in [-0.15, -0.1) is 0 Å². The molecule has 2 fully saturated rings. The van der Waals surface area contributed by atoms with E-state index in [0.717, 1.165) is 30.4 Å². The van der Waals surface area contributed by atoms with E-state index in [2.05, 4.69) is 15.7 Å². The highest BCUT2D eigenvalue weighted by atomic mass is 32.2. The lowest BCUT2D eigenvalue weighted by Gasteiger charge is -2.40. The Morgan fingerprint density at radius 2 is 1.97 bits per heavy atom. The minimum atomic E-state index is -3.58. The van der Waals surface area contributed by atoms with Gasteiger partial charge < -0.3 is 15.5 Å². The fourth-order valence-electron chi connectivity index (χ4n) is 5.41. The number of nitrogens with one attached hydrogen (secondary N) is 2. The molecule has 2 atom stereocenters. The SMILES string of the molecule is CN1NC=NC1CNC1(c2ccc(CN3CCC[C@H](c4ccccc4)S3(=O)=O)c(F)c2)CCOCC1. The van der Waals surface area contributed by atoms with Crippen LogP contribution in [0.2, 0.25) is 0 Å². The van der Waals surface area contributed by atoms with Crippen molar-refractivity contribution in [3.63, 3.8) is 0 Å². The predicted molar refractivity (Wildman–Crippen MR) is 137 cm³/mol. The summed E-state index contributed by atoms with van der Waals surface area (Å²) in [5.41, 5.74) is 4.66. The number of halogens is 1. The maximum absolute atomic E-state index is 15.5. The molecule has 2 saturated heterocycles. The van der Waals surface area contributed by atoms with Gasteiger partial charge in [0.25, 0.3) is 0 Å². The zero-order valence-corrected chi connectivity index (χ0v) is 21.4. The number of hydrogen-bond donors (Lipinski definition) is 2. The first-order valence-electron chi connectivity index (χ1n) is 12.6. The van der Waals surface area contributed by atoms with Gasteiger partial charge in [0.15, 0.2) is 0 Å². The van der Waals surface area contributed by atoms with Crippen LogP contribution in [0.4, 0.5) is 4.39 Å². The molecular weight excluding hydrogens is 481 g/mol. The van der Waals surface area contributed by atoms with Crippen molar-refractivity contribution < 1.29 is 17.5 Å². The first kappa shape index (κ1) is 25.3. The van der Waals surface area contributed by atoms with Crippen molar-refractivity contribution in [1.82, 2.24) is 20.1 Å². The van der Waals surface area contributed by atoms with Crippen LogP contribution in [0.1, 0.15) is 47.6 Å². The van der Waals surface area contributed by atoms with E-state index in [4.69, 9.17) is 4.74 Å². The Morgan fingerprint density at radius 3 is 2.67 bits per heavy atom. The minimum Gasteiger partial charge on any atom is -0.381 e. The van der Waals surface area contributed by atoms with Crippen LogP contribution in [0.15, 0.2) is 53.5 Å². The molecule has 194 valence electrons. The summed E-state index contributed by atoms with van der Waals surface area (Å²) in [4.78, 5) is 4.42. The highest BCUT2D eigenvalue weighted by Crippen LogP contribution is 2.37. The molecule has 0 amide bonds. The molecule has 2 aromatic carbocycles. The largest absolute Gasteiger partial charge is 0.381 e. The minimum absolute atomic E-state index is 0.0363. The summed E-state index contributed by atoms with van der Waals surface area (Å²) in [5, 5.41) is 4.97. The second-order valence-corrected chi connectivity index (χ2v) is 11.9. The number of benzene rings is 2. The van der Waals surface area contributed by atoms with Crippen molar-refractivity contribution >= 4 is 16.4 Å². The second kappa shape index (κ2) is 10.5. The summed E-state index contributed by atoms with van der Waals surface area (Å²) < 4.78 is 49.3. The molecule has 3 aliphatic rings. The molecule has 1 unspecified atom stereocenters. The summed E-state index contributed by atoms with van der Waals surface area (Å²) in [6, 6.07) is 14.5. The van der Waals surface area contributed by atoms with Gasteiger partial charge in [-0.25, -0.2) is 17.8 Å². The Kier molecular flexibility index (Phi) is 7.41. The van der Waals surface area contributed by atoms with Crippen molar-refractivity contribution in [3.05, 3.63) is 71.0 Å². The van der Waals surface area contributed by atoms with Crippen LogP contribution < -0.4 is 10.7 Å². The molecular formula is C26H34FN5O3S. The molecule has 0 saturated carbocycles. The molecule has 5 rings (SSSR count). The van der Waals surface area contributed by atoms with Crippen molar-refractivity contribution in [3.8, 4) is 0 Å². The van der Waals surface area contributed by atoms with Gasteiger partial charge in [0.2, 0.25) is 10.0 Å². The van der Waals surface area contributed by atoms with Gasteiger partial charge in [-0.1, -0.05) is 42.5 Å². The van der Waals surface area contributed by atoms with Crippen LogP contribution in [0, 0.1) is 5.82 Å². The van der Waals surface area contributed by atoms with Gasteiger partial charge in [0, 0.05) is 51.0 Å². The summed E-state index contributed by atoms with van der Waals surface area (Å²) >= 11 is 0. The molecule has 2 aromatic rings. The zero-order valence-electron chi connectivity index (χ0n) is 20.6. The third kappa shape index (κ3) is 5.05. The molecule has 2 N–H and O–H groups in total. The standard InChI is InChI=1S/C26H34FN5O3S/c1-31-25(28-19-30-31)17-29-26(11-14-35-15-12-26)22-10-9-21(23(27)16-22)18-32-13-5-8-24(36(32,33)34)20-6-3-2-4-7-20/h2-4,6-7,9-10,16,19,24-25,29H,5,8,11-15,17-18H2,1H3,(H,28,30)/t24-,25?/m1/s1. The van der Waals surface area contributed by atoms with E-state index in [1.807, 2.05) is 48.5 Å². The first-order chi connectivity index (χ1) is 17.4. The van der Waals surface area contributed by atoms with Crippen LogP contribution in [-0.4, -0.2) is 63.6 Å². The Balaban J connectivity index is 1.34. The summed E-state index contributed by atoms with van der Waals surface area (Å²) in [5.74, 6) is -0.380. The maximum Gasteiger partial charge on any atom is 0.221 e. The third-order valence-corrected chi connectivity index (χ3v) is 9.90. The molecule has 0 radical (unpaired) electrons. The van der Waals surface area contributed by atoms with E-state index >= 15 is 4.39 Å². The Labute approximate surface area is 212 Å². The van der Waals surface area contributed by atoms with Crippen molar-refractivity contribution in [2.75, 3.05) is 33.4 Å². The number of ether oxygens (including phenoxy) is 1. The molecule has 36 heavy (non-hydrogen) atoms. The van der Waals surface area contributed by atoms with Crippen LogP contribution in [-0.2, 0) is 26.8 Å². The first-order valence-corrected chi connectivity index (χ1v) is 14.1. The van der Waals surface area contributed by atoms with Gasteiger partial charge in [-0.05, 0) is 42.9 Å². The van der Waals surface area contributed by atoms with Crippen molar-refractivity contribution in [1.29, 1.82) is 0 Å². The molecule has 10 heteroatoms. The van der Waals surface area contributed by atoms with E-state index in [-0.39, 0.29) is 18.5 Å². The summed E-state index contributed by atoms with van der Waals surface area (Å²) in [6.07, 6.45) is 4.40. The van der Waals surface area contributed by atoms with Crippen molar-refractivity contribution in [2.45, 2.75) is 49.2 Å². The summed E-state index contributed by atoms with van der Waals surface area (Å²) in [6.45, 7) is 2.22. The lowest BCUT2D eigenvalue weighted by Crippen LogP contribution is -2.51. The molecule has 0 bridgehead atoms. The van der Waals surface area contributed by atoms with Crippen LogP contribution >= 0.6 is 0 Å². The van der Waals surface area contributed by atoms with E-state index in [0.29, 0.717) is 38.3 Å². The highest BCUT2D eigenvalue weighted by Gasteiger charge is 2.38. The van der Waals surface area contributed by atoms with Crippen molar-refractivity contribution in [2.24, 2.45) is 4.99 Å². The van der Waals surface area contributed by atoms with Gasteiger partial charge in [-0.3, -0.25) is 4.99 Å². The van der Waals surface area contributed by atoms with Crippen LogP contribution in [0.5, 0.6) is 0 Å². The monoisotopic (exact) mass is 515 g/mol. The average Bonchev–Trinajstić information content (AvgIpc) is 3.30. The van der Waals surface area contributed by atoms with E-state index in [1.165, 1.54) is 4.31 Å². The number of hydrazine groups is 1. The maximum atomic E-state index is 15.5. The van der Waals surface area contributed by atoms with E-state index in [9.17, 15) is 8.42 Å². The topological polar surface area (TPSA) is 86.3 Å². The van der Waals surface area contributed by atoms with Gasteiger partial charge in [0.1, 0.15) is 17.2 Å². The number of aliphatic imine (C=N–C) groups is 1. The van der Waals surface area contributed by atoms with E-state index < -0.39 is 20.8 Å². The molecule has 0 spiro atoms. The Morgan fingerprint density at radius 1 is 1.19 bits per heavy atom. The Hall–Kier alpha value is -2.37. The lowest BCUT2D eigenvalue weighted by atomic mass is 9.82. The molecule has 3 aliphatic heterocycles. The number of sulfonamides is 1. The lowest BCUT2D eigenvalue weighted by molar-refractivity contribution is 0.0333. The molecule has 3 heterocycles. The predicted octanol–water partition coefficient (Wildman–Crippen LogP) is 2.89. The normalized spacial score (nSPS) is 26.1. The fraction of sp³-hybridized carbons (Fsp3) is 0.500. The van der Waals surface area contributed by atoms with Gasteiger partial charge in [0.05, 0.1) is 6.34 Å². The molecule has 0 aromatic heterocycles. The van der Waals surface area contributed by atoms with E-state index in [1.54, 1.807) is 18.5 Å². The average molecular weight is 516 g/mol. The fourth-order valence-corrected chi connectivity index (χ4v) is 7.44. The third-order valence-electron chi connectivity index (χ3n) is 7.64. The van der Waals surface area contributed by atoms with Crippen LogP contribution in [0.3, 0.4) is 0 Å². The number of nitrogens with zero attached hydrogens (tertiary/aromatic N) is 3. The van der Waals surface area contributed by atoms with Gasteiger partial charge >= 0.3 is 0 Å². The number of rotatable bonds is 7.